The molecule has 1 saturated carbocycles. The van der Waals surface area contributed by atoms with Crippen LogP contribution >= 0.6 is 0 Å². The number of hydrogen-bond acceptors (Lipinski definition) is 4. The molecule has 0 radical (unpaired) electrons. The summed E-state index contributed by atoms with van der Waals surface area (Å²) in [5, 5.41) is 6.13. The molecule has 6 heteroatoms. The van der Waals surface area contributed by atoms with Gasteiger partial charge < -0.3 is 15.4 Å². The van der Waals surface area contributed by atoms with Crippen LogP contribution in [0.5, 0.6) is 0 Å². The lowest BCUT2D eigenvalue weighted by atomic mass is 9.94. The summed E-state index contributed by atoms with van der Waals surface area (Å²) in [6.07, 6.45) is 5.90. The van der Waals surface area contributed by atoms with Crippen LogP contribution in [0.3, 0.4) is 0 Å². The van der Waals surface area contributed by atoms with Crippen molar-refractivity contribution in [2.24, 2.45) is 4.99 Å². The molecule has 0 spiro atoms. The monoisotopic (exact) mass is 433 g/mol. The highest BCUT2D eigenvalue weighted by Gasteiger charge is 2.41. The summed E-state index contributed by atoms with van der Waals surface area (Å²) >= 11 is 0. The van der Waals surface area contributed by atoms with Crippen molar-refractivity contribution in [3.05, 3.63) is 71.8 Å². The van der Waals surface area contributed by atoms with Gasteiger partial charge in [-0.1, -0.05) is 67.8 Å². The SMILES string of the molecule is C[C@]1(C(=O)N[C@@H](Cc2ccccc2)C(=O)NC2CCCCC2)COC(c2ccccc2)=N1. The van der Waals surface area contributed by atoms with E-state index in [0.717, 1.165) is 36.8 Å². The average molecular weight is 434 g/mol. The van der Waals surface area contributed by atoms with E-state index in [9.17, 15) is 9.59 Å². The van der Waals surface area contributed by atoms with Crippen LogP contribution < -0.4 is 10.6 Å². The zero-order valence-corrected chi connectivity index (χ0v) is 18.5. The Balaban J connectivity index is 1.48. The highest BCUT2D eigenvalue weighted by molar-refractivity contribution is 6.00. The molecule has 2 atom stereocenters. The first-order valence-corrected chi connectivity index (χ1v) is 11.5. The molecule has 1 aliphatic carbocycles. The van der Waals surface area contributed by atoms with Gasteiger partial charge >= 0.3 is 0 Å². The maximum atomic E-state index is 13.3. The van der Waals surface area contributed by atoms with Crippen molar-refractivity contribution >= 4 is 17.7 Å². The summed E-state index contributed by atoms with van der Waals surface area (Å²) in [5.74, 6) is 0.0153. The van der Waals surface area contributed by atoms with Crippen LogP contribution in [-0.4, -0.2) is 41.9 Å². The van der Waals surface area contributed by atoms with E-state index in [-0.39, 0.29) is 24.5 Å². The second-order valence-corrected chi connectivity index (χ2v) is 8.90. The maximum Gasteiger partial charge on any atom is 0.252 e. The van der Waals surface area contributed by atoms with Crippen molar-refractivity contribution in [1.82, 2.24) is 10.6 Å². The van der Waals surface area contributed by atoms with Gasteiger partial charge in [0.1, 0.15) is 12.6 Å². The minimum Gasteiger partial charge on any atom is -0.474 e. The lowest BCUT2D eigenvalue weighted by Gasteiger charge is -2.27. The van der Waals surface area contributed by atoms with Crippen molar-refractivity contribution in [3.8, 4) is 0 Å². The number of carbonyl (C=O) groups excluding carboxylic acids is 2. The molecule has 4 rings (SSSR count). The number of amides is 2. The van der Waals surface area contributed by atoms with Crippen molar-refractivity contribution in [2.75, 3.05) is 6.61 Å². The predicted molar refractivity (Wildman–Crippen MR) is 124 cm³/mol. The number of nitrogens with zero attached hydrogens (tertiary/aromatic N) is 1. The van der Waals surface area contributed by atoms with Crippen LogP contribution in [0.25, 0.3) is 0 Å². The number of ether oxygens (including phenoxy) is 1. The zero-order valence-electron chi connectivity index (χ0n) is 18.5. The Morgan fingerprint density at radius 1 is 1.03 bits per heavy atom. The quantitative estimate of drug-likeness (QED) is 0.702. The third-order valence-corrected chi connectivity index (χ3v) is 6.20. The number of aliphatic imine (C=N–C) groups is 1. The highest BCUT2D eigenvalue weighted by atomic mass is 16.5. The van der Waals surface area contributed by atoms with Gasteiger partial charge in [0.2, 0.25) is 11.8 Å². The minimum absolute atomic E-state index is 0.135. The number of carbonyl (C=O) groups is 2. The van der Waals surface area contributed by atoms with Crippen molar-refractivity contribution in [2.45, 2.75) is 63.1 Å². The third kappa shape index (κ3) is 5.36. The number of nitrogens with one attached hydrogen (secondary N) is 2. The average Bonchev–Trinajstić information content (AvgIpc) is 3.24. The fourth-order valence-corrected chi connectivity index (χ4v) is 4.26. The Morgan fingerprint density at radius 3 is 2.38 bits per heavy atom. The van der Waals surface area contributed by atoms with Crippen LogP contribution in [0.2, 0.25) is 0 Å². The third-order valence-electron chi connectivity index (χ3n) is 6.20. The van der Waals surface area contributed by atoms with E-state index in [2.05, 4.69) is 15.6 Å². The number of hydrogen-bond donors (Lipinski definition) is 2. The van der Waals surface area contributed by atoms with Gasteiger partial charge in [0.15, 0.2) is 5.54 Å². The van der Waals surface area contributed by atoms with E-state index in [1.807, 2.05) is 60.7 Å². The van der Waals surface area contributed by atoms with E-state index in [1.165, 1.54) is 6.42 Å². The summed E-state index contributed by atoms with van der Waals surface area (Å²) in [5.41, 5.74) is 0.753. The second kappa shape index (κ2) is 9.98. The van der Waals surface area contributed by atoms with Gasteiger partial charge in [-0.05, 0) is 37.5 Å². The molecule has 0 saturated heterocycles. The molecule has 2 aromatic carbocycles. The second-order valence-electron chi connectivity index (χ2n) is 8.90. The molecule has 32 heavy (non-hydrogen) atoms. The van der Waals surface area contributed by atoms with Crippen LogP contribution in [0, 0.1) is 0 Å². The van der Waals surface area contributed by atoms with Gasteiger partial charge in [-0.25, -0.2) is 4.99 Å². The molecule has 6 nitrogen and oxygen atoms in total. The Morgan fingerprint density at radius 2 is 1.69 bits per heavy atom. The van der Waals surface area contributed by atoms with E-state index in [4.69, 9.17) is 4.74 Å². The Labute approximate surface area is 189 Å². The number of rotatable bonds is 7. The highest BCUT2D eigenvalue weighted by Crippen LogP contribution is 2.23. The number of benzene rings is 2. The molecular formula is C26H31N3O3. The lowest BCUT2D eigenvalue weighted by molar-refractivity contribution is -0.132. The first kappa shape index (κ1) is 22.1. The van der Waals surface area contributed by atoms with Crippen LogP contribution in [0.15, 0.2) is 65.7 Å². The van der Waals surface area contributed by atoms with Gasteiger partial charge in [0.05, 0.1) is 0 Å². The molecule has 0 aromatic heterocycles. The zero-order chi connectivity index (χ0) is 22.4. The van der Waals surface area contributed by atoms with E-state index < -0.39 is 11.6 Å². The standard InChI is InChI=1S/C26H31N3O3/c1-26(18-32-24(29-26)20-13-7-3-8-14-20)25(31)28-22(17-19-11-5-2-6-12-19)23(30)27-21-15-9-4-10-16-21/h2-3,5-8,11-14,21-22H,4,9-10,15-18H2,1H3,(H,27,30)(H,28,31)/t22-,26+/m0/s1. The fourth-order valence-electron chi connectivity index (χ4n) is 4.26. The summed E-state index contributed by atoms with van der Waals surface area (Å²) in [6, 6.07) is 18.8. The maximum absolute atomic E-state index is 13.3. The summed E-state index contributed by atoms with van der Waals surface area (Å²) in [7, 11) is 0. The topological polar surface area (TPSA) is 79.8 Å². The van der Waals surface area contributed by atoms with E-state index in [0.29, 0.717) is 12.3 Å². The van der Waals surface area contributed by atoms with Gasteiger partial charge in [0.25, 0.3) is 5.91 Å². The molecule has 1 fully saturated rings. The van der Waals surface area contributed by atoms with E-state index >= 15 is 0 Å². The smallest absolute Gasteiger partial charge is 0.252 e. The lowest BCUT2D eigenvalue weighted by Crippen LogP contribution is -2.55. The fraction of sp³-hybridized carbons (Fsp3) is 0.423. The minimum atomic E-state index is -1.08. The van der Waals surface area contributed by atoms with E-state index in [1.54, 1.807) is 6.92 Å². The summed E-state index contributed by atoms with van der Waals surface area (Å²) < 4.78 is 5.75. The van der Waals surface area contributed by atoms with Crippen LogP contribution in [0.4, 0.5) is 0 Å². The van der Waals surface area contributed by atoms with Crippen molar-refractivity contribution in [3.63, 3.8) is 0 Å². The largest absolute Gasteiger partial charge is 0.474 e. The van der Waals surface area contributed by atoms with Gasteiger partial charge in [-0.15, -0.1) is 0 Å². The molecule has 2 N–H and O–H groups in total. The first-order valence-electron chi connectivity index (χ1n) is 11.5. The Kier molecular flexibility index (Phi) is 6.88. The van der Waals surface area contributed by atoms with Gasteiger partial charge in [-0.2, -0.15) is 0 Å². The summed E-state index contributed by atoms with van der Waals surface area (Å²) in [4.78, 5) is 31.0. The normalized spacial score (nSPS) is 21.8. The molecular weight excluding hydrogens is 402 g/mol. The molecule has 0 unspecified atom stereocenters. The van der Waals surface area contributed by atoms with Crippen LogP contribution in [-0.2, 0) is 20.7 Å². The van der Waals surface area contributed by atoms with Crippen molar-refractivity contribution < 1.29 is 14.3 Å². The molecule has 1 heterocycles. The van der Waals surface area contributed by atoms with Gasteiger partial charge in [0, 0.05) is 18.0 Å². The molecule has 168 valence electrons. The summed E-state index contributed by atoms with van der Waals surface area (Å²) in [6.45, 7) is 1.89. The Bertz CT molecular complexity index is 955. The molecule has 0 bridgehead atoms. The molecule has 1 aliphatic heterocycles. The molecule has 2 amide bonds. The predicted octanol–water partition coefficient (Wildman–Crippen LogP) is 3.40. The van der Waals surface area contributed by atoms with Crippen LogP contribution in [0.1, 0.15) is 50.2 Å². The molecule has 2 aromatic rings. The molecule has 2 aliphatic rings. The Hall–Kier alpha value is -3.15. The van der Waals surface area contributed by atoms with Gasteiger partial charge in [-0.3, -0.25) is 9.59 Å². The van der Waals surface area contributed by atoms with Crippen molar-refractivity contribution in [1.29, 1.82) is 0 Å². The first-order chi connectivity index (χ1) is 15.5.